The van der Waals surface area contributed by atoms with Crippen LogP contribution in [-0.4, -0.2) is 63.3 Å². The Morgan fingerprint density at radius 3 is 2.38 bits per heavy atom. The number of anilines is 1. The number of nitrogens with zero attached hydrogens (tertiary/aromatic N) is 5. The minimum Gasteiger partial charge on any atom is -0.368 e. The average molecular weight is 505 g/mol. The van der Waals surface area contributed by atoms with Gasteiger partial charge >= 0.3 is 0 Å². The molecule has 2 heterocycles. The molecule has 1 aromatic heterocycles. The van der Waals surface area contributed by atoms with E-state index < -0.39 is 11.6 Å². The van der Waals surface area contributed by atoms with E-state index in [0.29, 0.717) is 35.7 Å². The number of aromatic nitrogens is 3. The van der Waals surface area contributed by atoms with Crippen molar-refractivity contribution >= 4 is 46.7 Å². The lowest BCUT2D eigenvalue weighted by Gasteiger charge is -2.36. The van der Waals surface area contributed by atoms with Gasteiger partial charge < -0.3 is 15.1 Å². The molecule has 0 spiro atoms. The standard InChI is InChI=1S/C22H19ClF2N6O2S/c23-15-3-1-14(2-4-15)22(33)30-7-5-29(6-8-30)21-18(24)9-17(10-19(21)25)31-12-16(27-28-31)11-26-20(34)13-32/h1-4,9-10,12-13H,5-8,11H2,(H,26,34). The topological polar surface area (TPSA) is 83.4 Å². The summed E-state index contributed by atoms with van der Waals surface area (Å²) < 4.78 is 31.1. The summed E-state index contributed by atoms with van der Waals surface area (Å²) in [6.45, 7) is 1.36. The van der Waals surface area contributed by atoms with Crippen LogP contribution < -0.4 is 10.2 Å². The molecule has 1 amide bonds. The number of carbonyl (C=O) groups is 2. The summed E-state index contributed by atoms with van der Waals surface area (Å²) in [6, 6.07) is 8.93. The minimum absolute atomic E-state index is 0.0194. The monoisotopic (exact) mass is 504 g/mol. The van der Waals surface area contributed by atoms with E-state index in [-0.39, 0.29) is 41.9 Å². The third-order valence-corrected chi connectivity index (χ3v) is 5.82. The fourth-order valence-electron chi connectivity index (χ4n) is 3.62. The molecule has 8 nitrogen and oxygen atoms in total. The fraction of sp³-hybridized carbons (Fsp3) is 0.227. The SMILES string of the molecule is O=CC(=S)NCc1cn(-c2cc(F)c(N3CCN(C(=O)c4ccc(Cl)cc4)CC3)c(F)c2)nn1. The lowest BCUT2D eigenvalue weighted by Crippen LogP contribution is -2.49. The number of aldehydes is 1. The molecule has 0 aliphatic carbocycles. The zero-order chi connectivity index (χ0) is 24.2. The van der Waals surface area contributed by atoms with Crippen LogP contribution in [0, 0.1) is 11.6 Å². The van der Waals surface area contributed by atoms with Gasteiger partial charge in [-0.3, -0.25) is 9.59 Å². The first-order chi connectivity index (χ1) is 16.4. The van der Waals surface area contributed by atoms with Crippen molar-refractivity contribution in [1.29, 1.82) is 0 Å². The highest BCUT2D eigenvalue weighted by Crippen LogP contribution is 2.28. The van der Waals surface area contributed by atoms with Gasteiger partial charge in [0.1, 0.15) is 16.4 Å². The van der Waals surface area contributed by atoms with Crippen molar-refractivity contribution in [3.8, 4) is 5.69 Å². The molecule has 0 saturated carbocycles. The number of amides is 1. The fourth-order valence-corrected chi connectivity index (χ4v) is 3.82. The molecule has 176 valence electrons. The van der Waals surface area contributed by atoms with Gasteiger partial charge in [0, 0.05) is 48.9 Å². The van der Waals surface area contributed by atoms with Gasteiger partial charge in [-0.15, -0.1) is 5.10 Å². The highest BCUT2D eigenvalue weighted by atomic mass is 35.5. The Morgan fingerprint density at radius 1 is 1.12 bits per heavy atom. The smallest absolute Gasteiger partial charge is 0.253 e. The number of hydrogen-bond acceptors (Lipinski definition) is 6. The summed E-state index contributed by atoms with van der Waals surface area (Å²) in [6.07, 6.45) is 1.98. The maximum atomic E-state index is 14.9. The first-order valence-electron chi connectivity index (χ1n) is 10.3. The van der Waals surface area contributed by atoms with E-state index in [1.54, 1.807) is 34.1 Å². The van der Waals surface area contributed by atoms with Crippen LogP contribution in [0.25, 0.3) is 5.69 Å². The molecule has 1 aliphatic heterocycles. The van der Waals surface area contributed by atoms with E-state index >= 15 is 0 Å². The molecule has 3 aromatic rings. The Morgan fingerprint density at radius 2 is 1.76 bits per heavy atom. The predicted molar refractivity (Wildman–Crippen MR) is 126 cm³/mol. The Hall–Kier alpha value is -3.44. The molecule has 0 atom stereocenters. The first kappa shape index (κ1) is 23.7. The van der Waals surface area contributed by atoms with E-state index in [1.165, 1.54) is 23.0 Å². The number of nitrogens with one attached hydrogen (secondary N) is 1. The van der Waals surface area contributed by atoms with Crippen LogP contribution in [0.4, 0.5) is 14.5 Å². The lowest BCUT2D eigenvalue weighted by molar-refractivity contribution is -0.102. The van der Waals surface area contributed by atoms with Crippen molar-refractivity contribution in [2.75, 3.05) is 31.1 Å². The van der Waals surface area contributed by atoms with Gasteiger partial charge in [-0.1, -0.05) is 29.0 Å². The van der Waals surface area contributed by atoms with Gasteiger partial charge in [0.15, 0.2) is 17.9 Å². The molecule has 2 aromatic carbocycles. The normalized spacial score (nSPS) is 13.6. The Balaban J connectivity index is 1.43. The van der Waals surface area contributed by atoms with Crippen molar-refractivity contribution in [2.45, 2.75) is 6.54 Å². The second kappa shape index (κ2) is 10.2. The molecule has 1 N–H and O–H groups in total. The van der Waals surface area contributed by atoms with Crippen LogP contribution in [0.15, 0.2) is 42.6 Å². The molecule has 4 rings (SSSR count). The number of carbonyl (C=O) groups excluding carboxylic acids is 2. The van der Waals surface area contributed by atoms with Gasteiger partial charge in [-0.25, -0.2) is 13.5 Å². The summed E-state index contributed by atoms with van der Waals surface area (Å²) >= 11 is 10.6. The largest absolute Gasteiger partial charge is 0.368 e. The number of hydrogen-bond donors (Lipinski definition) is 1. The van der Waals surface area contributed by atoms with Crippen molar-refractivity contribution in [2.24, 2.45) is 0 Å². The predicted octanol–water partition coefficient (Wildman–Crippen LogP) is 2.78. The molecular formula is C22H19ClF2N6O2S. The molecule has 0 bridgehead atoms. The second-order valence-electron chi connectivity index (χ2n) is 7.53. The van der Waals surface area contributed by atoms with E-state index in [2.05, 4.69) is 15.6 Å². The maximum Gasteiger partial charge on any atom is 0.253 e. The maximum absolute atomic E-state index is 14.9. The van der Waals surface area contributed by atoms with Crippen molar-refractivity contribution < 1.29 is 18.4 Å². The van der Waals surface area contributed by atoms with Gasteiger partial charge in [0.05, 0.1) is 18.4 Å². The van der Waals surface area contributed by atoms with Crippen LogP contribution >= 0.6 is 23.8 Å². The highest BCUT2D eigenvalue weighted by Gasteiger charge is 2.26. The minimum atomic E-state index is -0.746. The Kier molecular flexibility index (Phi) is 7.13. The Labute approximate surface area is 204 Å². The molecule has 1 saturated heterocycles. The van der Waals surface area contributed by atoms with Crippen LogP contribution in [0.5, 0.6) is 0 Å². The lowest BCUT2D eigenvalue weighted by atomic mass is 10.1. The number of piperazine rings is 1. The second-order valence-corrected chi connectivity index (χ2v) is 8.41. The average Bonchev–Trinajstić information content (AvgIpc) is 3.32. The van der Waals surface area contributed by atoms with Gasteiger partial charge in [0.2, 0.25) is 0 Å². The molecule has 1 fully saturated rings. The van der Waals surface area contributed by atoms with E-state index in [0.717, 1.165) is 0 Å². The van der Waals surface area contributed by atoms with Gasteiger partial charge in [0.25, 0.3) is 5.91 Å². The molecule has 34 heavy (non-hydrogen) atoms. The number of halogens is 3. The van der Waals surface area contributed by atoms with Crippen LogP contribution in [0.3, 0.4) is 0 Å². The third-order valence-electron chi connectivity index (χ3n) is 5.33. The van der Waals surface area contributed by atoms with Gasteiger partial charge in [-0.2, -0.15) is 0 Å². The third kappa shape index (κ3) is 5.20. The summed E-state index contributed by atoms with van der Waals surface area (Å²) in [4.78, 5) is 26.5. The zero-order valence-electron chi connectivity index (χ0n) is 17.7. The molecular weight excluding hydrogens is 486 g/mol. The van der Waals surface area contributed by atoms with Crippen LogP contribution in [0.1, 0.15) is 16.1 Å². The summed E-state index contributed by atoms with van der Waals surface area (Å²) in [7, 11) is 0. The van der Waals surface area contributed by atoms with Crippen LogP contribution in [-0.2, 0) is 11.3 Å². The Bertz CT molecular complexity index is 1210. The van der Waals surface area contributed by atoms with E-state index in [9.17, 15) is 18.4 Å². The molecule has 12 heteroatoms. The van der Waals surface area contributed by atoms with Crippen LogP contribution in [0.2, 0.25) is 5.02 Å². The van der Waals surface area contributed by atoms with E-state index in [1.807, 2.05) is 0 Å². The number of thiocarbonyl (C=S) groups is 1. The molecule has 0 radical (unpaired) electrons. The zero-order valence-corrected chi connectivity index (χ0v) is 19.3. The number of benzene rings is 2. The van der Waals surface area contributed by atoms with Crippen molar-refractivity contribution in [3.05, 3.63) is 70.5 Å². The van der Waals surface area contributed by atoms with Crippen molar-refractivity contribution in [3.63, 3.8) is 0 Å². The highest BCUT2D eigenvalue weighted by molar-refractivity contribution is 7.81. The summed E-state index contributed by atoms with van der Waals surface area (Å²) in [5, 5.41) is 11.0. The van der Waals surface area contributed by atoms with Crippen molar-refractivity contribution in [1.82, 2.24) is 25.2 Å². The summed E-state index contributed by atoms with van der Waals surface area (Å²) in [5.74, 6) is -1.65. The van der Waals surface area contributed by atoms with E-state index in [4.69, 9.17) is 23.8 Å². The quantitative estimate of drug-likeness (QED) is 0.408. The first-order valence-corrected chi connectivity index (χ1v) is 11.1. The molecule has 0 unspecified atom stereocenters. The van der Waals surface area contributed by atoms with Gasteiger partial charge in [-0.05, 0) is 24.3 Å². The summed E-state index contributed by atoms with van der Waals surface area (Å²) in [5.41, 5.74) is 0.957. The molecule has 1 aliphatic rings. The number of rotatable bonds is 6.